The number of carbonyl (C=O) groups is 1. The van der Waals surface area contributed by atoms with E-state index in [4.69, 9.17) is 0 Å². The Morgan fingerprint density at radius 3 is 2.56 bits per heavy atom. The molecule has 0 bridgehead atoms. The minimum atomic E-state index is 0.242. The van der Waals surface area contributed by atoms with Gasteiger partial charge in [0.2, 0.25) is 0 Å². The van der Waals surface area contributed by atoms with E-state index in [-0.39, 0.29) is 5.78 Å². The van der Waals surface area contributed by atoms with E-state index < -0.39 is 0 Å². The van der Waals surface area contributed by atoms with Gasteiger partial charge in [-0.15, -0.1) is 0 Å². The third-order valence-electron chi connectivity index (χ3n) is 2.79. The van der Waals surface area contributed by atoms with Crippen molar-refractivity contribution in [2.75, 3.05) is 0 Å². The third-order valence-corrected chi connectivity index (χ3v) is 2.79. The van der Waals surface area contributed by atoms with Gasteiger partial charge in [-0.05, 0) is 30.2 Å². The van der Waals surface area contributed by atoms with Crippen LogP contribution in [0.2, 0.25) is 0 Å². The molecule has 2 aromatic rings. The van der Waals surface area contributed by atoms with Gasteiger partial charge in [-0.1, -0.05) is 42.8 Å². The van der Waals surface area contributed by atoms with Gasteiger partial charge in [-0.2, -0.15) is 0 Å². The van der Waals surface area contributed by atoms with E-state index >= 15 is 0 Å². The van der Waals surface area contributed by atoms with E-state index in [1.165, 1.54) is 10.9 Å². The molecule has 0 heterocycles. The molecule has 0 aliphatic rings. The molecule has 0 N–H and O–H groups in total. The van der Waals surface area contributed by atoms with Crippen molar-refractivity contribution in [2.24, 2.45) is 0 Å². The predicted molar refractivity (Wildman–Crippen MR) is 67.9 cm³/mol. The average Bonchev–Trinajstić information content (AvgIpc) is 2.28. The number of rotatable bonds is 3. The highest BCUT2D eigenvalue weighted by Crippen LogP contribution is 2.18. The van der Waals surface area contributed by atoms with Crippen LogP contribution in [0.25, 0.3) is 10.8 Å². The number of carbonyl (C=O) groups excluding carboxylic acids is 1. The normalized spacial score (nSPS) is 10.6. The lowest BCUT2D eigenvalue weighted by atomic mass is 10.0. The first-order valence-electron chi connectivity index (χ1n) is 5.74. The summed E-state index contributed by atoms with van der Waals surface area (Å²) in [4.78, 5) is 11.8. The molecule has 0 saturated heterocycles. The van der Waals surface area contributed by atoms with Crippen LogP contribution in [0.15, 0.2) is 36.4 Å². The maximum absolute atomic E-state index is 11.8. The summed E-state index contributed by atoms with van der Waals surface area (Å²) in [5.41, 5.74) is 2.06. The van der Waals surface area contributed by atoms with Gasteiger partial charge in [-0.25, -0.2) is 0 Å². The zero-order valence-electron chi connectivity index (χ0n) is 9.79. The Labute approximate surface area is 96.1 Å². The number of aryl methyl sites for hydroxylation is 1. The van der Waals surface area contributed by atoms with E-state index in [1.807, 2.05) is 25.1 Å². The van der Waals surface area contributed by atoms with Crippen molar-refractivity contribution in [3.8, 4) is 0 Å². The molecule has 0 aromatic heterocycles. The zero-order chi connectivity index (χ0) is 11.5. The lowest BCUT2D eigenvalue weighted by Crippen LogP contribution is -1.97. The Morgan fingerprint density at radius 2 is 1.81 bits per heavy atom. The molecule has 1 heteroatoms. The predicted octanol–water partition coefficient (Wildman–Crippen LogP) is 4.13. The first kappa shape index (κ1) is 10.9. The zero-order valence-corrected chi connectivity index (χ0v) is 9.79. The van der Waals surface area contributed by atoms with Crippen molar-refractivity contribution in [1.29, 1.82) is 0 Å². The Bertz CT molecular complexity index is 526. The SMILES string of the molecule is CCCC(=O)c1ccc2ccc(C)cc2c1. The number of benzene rings is 2. The molecule has 0 fully saturated rings. The van der Waals surface area contributed by atoms with Gasteiger partial charge >= 0.3 is 0 Å². The summed E-state index contributed by atoms with van der Waals surface area (Å²) < 4.78 is 0. The first-order valence-corrected chi connectivity index (χ1v) is 5.74. The van der Waals surface area contributed by atoms with Crippen LogP contribution in [0.4, 0.5) is 0 Å². The quantitative estimate of drug-likeness (QED) is 0.699. The van der Waals surface area contributed by atoms with Gasteiger partial charge in [0, 0.05) is 12.0 Å². The second-order valence-corrected chi connectivity index (χ2v) is 4.24. The van der Waals surface area contributed by atoms with Crippen molar-refractivity contribution >= 4 is 16.6 Å². The second kappa shape index (κ2) is 4.48. The van der Waals surface area contributed by atoms with E-state index in [9.17, 15) is 4.79 Å². The second-order valence-electron chi connectivity index (χ2n) is 4.24. The lowest BCUT2D eigenvalue weighted by Gasteiger charge is -2.03. The van der Waals surface area contributed by atoms with Crippen LogP contribution >= 0.6 is 0 Å². The van der Waals surface area contributed by atoms with Crippen LogP contribution in [-0.4, -0.2) is 5.78 Å². The van der Waals surface area contributed by atoms with Gasteiger partial charge in [0.1, 0.15) is 0 Å². The minimum absolute atomic E-state index is 0.242. The number of hydrogen-bond donors (Lipinski definition) is 0. The summed E-state index contributed by atoms with van der Waals surface area (Å²) in [6.07, 6.45) is 1.54. The number of fused-ring (bicyclic) bond motifs is 1. The smallest absolute Gasteiger partial charge is 0.162 e. The number of hydrogen-bond acceptors (Lipinski definition) is 1. The molecule has 0 saturated carbocycles. The van der Waals surface area contributed by atoms with Gasteiger partial charge in [-0.3, -0.25) is 4.79 Å². The van der Waals surface area contributed by atoms with Crippen LogP contribution in [0.1, 0.15) is 35.7 Å². The molecular weight excluding hydrogens is 196 g/mol. The molecule has 82 valence electrons. The Hall–Kier alpha value is -1.63. The molecule has 0 spiro atoms. The van der Waals surface area contributed by atoms with Crippen LogP contribution in [0.5, 0.6) is 0 Å². The van der Waals surface area contributed by atoms with E-state index in [1.54, 1.807) is 0 Å². The van der Waals surface area contributed by atoms with Gasteiger partial charge in [0.05, 0.1) is 0 Å². The number of ketones is 1. The van der Waals surface area contributed by atoms with Crippen molar-refractivity contribution < 1.29 is 4.79 Å². The Morgan fingerprint density at radius 1 is 1.06 bits per heavy atom. The van der Waals surface area contributed by atoms with Crippen LogP contribution in [0, 0.1) is 6.92 Å². The summed E-state index contributed by atoms with van der Waals surface area (Å²) in [5, 5.41) is 2.35. The fourth-order valence-electron chi connectivity index (χ4n) is 1.91. The minimum Gasteiger partial charge on any atom is -0.294 e. The van der Waals surface area contributed by atoms with Crippen molar-refractivity contribution in [2.45, 2.75) is 26.7 Å². The largest absolute Gasteiger partial charge is 0.294 e. The third kappa shape index (κ3) is 2.13. The molecular formula is C15H16O. The Kier molecular flexibility index (Phi) is 3.04. The molecule has 0 atom stereocenters. The molecule has 1 nitrogen and oxygen atoms in total. The molecule has 0 radical (unpaired) electrons. The molecule has 0 aliphatic carbocycles. The fourth-order valence-corrected chi connectivity index (χ4v) is 1.91. The van der Waals surface area contributed by atoms with Gasteiger partial charge in [0.25, 0.3) is 0 Å². The molecule has 2 aromatic carbocycles. The van der Waals surface area contributed by atoms with Crippen LogP contribution in [0.3, 0.4) is 0 Å². The van der Waals surface area contributed by atoms with Gasteiger partial charge in [0.15, 0.2) is 5.78 Å². The summed E-state index contributed by atoms with van der Waals surface area (Å²) in [6.45, 7) is 4.10. The molecule has 0 aliphatic heterocycles. The summed E-state index contributed by atoms with van der Waals surface area (Å²) in [5.74, 6) is 0.242. The van der Waals surface area contributed by atoms with Crippen LogP contribution < -0.4 is 0 Å². The topological polar surface area (TPSA) is 17.1 Å². The van der Waals surface area contributed by atoms with Crippen molar-refractivity contribution in [3.63, 3.8) is 0 Å². The number of Topliss-reactive ketones (excluding diaryl/α,β-unsaturated/α-hetero) is 1. The van der Waals surface area contributed by atoms with E-state index in [0.29, 0.717) is 6.42 Å². The van der Waals surface area contributed by atoms with Crippen molar-refractivity contribution in [3.05, 3.63) is 47.5 Å². The standard InChI is InChI=1S/C15H16O/c1-3-4-15(16)13-8-7-12-6-5-11(2)9-14(12)10-13/h5-10H,3-4H2,1-2H3. The molecule has 0 amide bonds. The Balaban J connectivity index is 2.46. The maximum atomic E-state index is 11.8. The van der Waals surface area contributed by atoms with E-state index in [0.717, 1.165) is 17.4 Å². The fraction of sp³-hybridized carbons (Fsp3) is 0.267. The van der Waals surface area contributed by atoms with E-state index in [2.05, 4.69) is 25.1 Å². The molecule has 2 rings (SSSR count). The summed E-state index contributed by atoms with van der Waals surface area (Å²) in [6, 6.07) is 12.3. The molecule has 0 unspecified atom stereocenters. The highest BCUT2D eigenvalue weighted by molar-refractivity contribution is 6.00. The maximum Gasteiger partial charge on any atom is 0.162 e. The van der Waals surface area contributed by atoms with Crippen LogP contribution in [-0.2, 0) is 0 Å². The summed E-state index contributed by atoms with van der Waals surface area (Å²) in [7, 11) is 0. The summed E-state index contributed by atoms with van der Waals surface area (Å²) >= 11 is 0. The van der Waals surface area contributed by atoms with Gasteiger partial charge < -0.3 is 0 Å². The highest BCUT2D eigenvalue weighted by Gasteiger charge is 2.05. The monoisotopic (exact) mass is 212 g/mol. The highest BCUT2D eigenvalue weighted by atomic mass is 16.1. The molecule has 16 heavy (non-hydrogen) atoms. The lowest BCUT2D eigenvalue weighted by molar-refractivity contribution is 0.0982. The van der Waals surface area contributed by atoms with Crippen molar-refractivity contribution in [1.82, 2.24) is 0 Å². The average molecular weight is 212 g/mol. The first-order chi connectivity index (χ1) is 7.70.